The third-order valence-electron chi connectivity index (χ3n) is 2.11. The quantitative estimate of drug-likeness (QED) is 0.741. The van der Waals surface area contributed by atoms with Crippen LogP contribution in [-0.2, 0) is 0 Å². The Hall–Kier alpha value is -0.210. The molecule has 0 amide bonds. The van der Waals surface area contributed by atoms with Crippen LogP contribution in [0.5, 0.6) is 0 Å². The van der Waals surface area contributed by atoms with Crippen LogP contribution in [0.3, 0.4) is 0 Å². The first-order valence-electron chi connectivity index (χ1n) is 5.22. The van der Waals surface area contributed by atoms with Crippen LogP contribution < -0.4 is 5.32 Å². The van der Waals surface area contributed by atoms with Gasteiger partial charge in [0.05, 0.1) is 8.45 Å². The third-order valence-corrected chi connectivity index (χ3v) is 4.73. The van der Waals surface area contributed by atoms with Crippen molar-refractivity contribution in [1.29, 1.82) is 0 Å². The minimum absolute atomic E-state index is 0.769. The standard InChI is InChI=1S/C11H11BrIN3S/c1-2-4-14-10-8(13)6-15-11(16-10)9-7(12)3-5-17-9/h3,5-6H,2,4H2,1H3,(H,14,15,16). The molecule has 0 saturated heterocycles. The van der Waals surface area contributed by atoms with Gasteiger partial charge >= 0.3 is 0 Å². The van der Waals surface area contributed by atoms with Crippen molar-refractivity contribution in [2.45, 2.75) is 13.3 Å². The fourth-order valence-corrected chi connectivity index (χ4v) is 3.24. The lowest BCUT2D eigenvalue weighted by molar-refractivity contribution is 0.963. The van der Waals surface area contributed by atoms with E-state index in [1.807, 2.05) is 17.6 Å². The zero-order chi connectivity index (χ0) is 12.3. The lowest BCUT2D eigenvalue weighted by Crippen LogP contribution is -2.05. The number of nitrogens with zero attached hydrogens (tertiary/aromatic N) is 2. The number of hydrogen-bond acceptors (Lipinski definition) is 4. The molecular weight excluding hydrogens is 413 g/mol. The molecule has 0 aromatic carbocycles. The summed E-state index contributed by atoms with van der Waals surface area (Å²) in [4.78, 5) is 10.0. The summed E-state index contributed by atoms with van der Waals surface area (Å²) in [6.07, 6.45) is 2.94. The van der Waals surface area contributed by atoms with E-state index in [9.17, 15) is 0 Å². The van der Waals surface area contributed by atoms with Crippen molar-refractivity contribution in [3.05, 3.63) is 25.7 Å². The Labute approximate surface area is 126 Å². The minimum Gasteiger partial charge on any atom is -0.369 e. The molecule has 0 unspecified atom stereocenters. The molecule has 0 spiro atoms. The Morgan fingerprint density at radius 1 is 1.53 bits per heavy atom. The molecule has 0 radical (unpaired) electrons. The number of aromatic nitrogens is 2. The summed E-state index contributed by atoms with van der Waals surface area (Å²) in [7, 11) is 0. The first kappa shape index (κ1) is 13.2. The van der Waals surface area contributed by atoms with Crippen molar-refractivity contribution in [2.24, 2.45) is 0 Å². The maximum Gasteiger partial charge on any atom is 0.172 e. The van der Waals surface area contributed by atoms with Crippen molar-refractivity contribution in [3.63, 3.8) is 0 Å². The highest BCUT2D eigenvalue weighted by atomic mass is 127. The molecule has 90 valence electrons. The van der Waals surface area contributed by atoms with Crippen molar-refractivity contribution in [3.8, 4) is 10.7 Å². The average molecular weight is 424 g/mol. The van der Waals surface area contributed by atoms with Gasteiger partial charge in [-0.15, -0.1) is 11.3 Å². The van der Waals surface area contributed by atoms with E-state index >= 15 is 0 Å². The zero-order valence-corrected chi connectivity index (χ0v) is 13.8. The Bertz CT molecular complexity index is 515. The molecule has 2 heterocycles. The van der Waals surface area contributed by atoms with Gasteiger partial charge in [-0.25, -0.2) is 9.97 Å². The highest BCUT2D eigenvalue weighted by Crippen LogP contribution is 2.32. The van der Waals surface area contributed by atoms with Crippen LogP contribution in [0.4, 0.5) is 5.82 Å². The van der Waals surface area contributed by atoms with Crippen LogP contribution in [0.2, 0.25) is 0 Å². The predicted molar refractivity (Wildman–Crippen MR) is 84.5 cm³/mol. The third kappa shape index (κ3) is 3.17. The van der Waals surface area contributed by atoms with E-state index < -0.39 is 0 Å². The number of thiophene rings is 1. The average Bonchev–Trinajstić information content (AvgIpc) is 2.75. The Kier molecular flexibility index (Phi) is 4.75. The smallest absolute Gasteiger partial charge is 0.172 e. The molecule has 3 nitrogen and oxygen atoms in total. The zero-order valence-electron chi connectivity index (χ0n) is 9.20. The number of halogens is 2. The van der Waals surface area contributed by atoms with E-state index in [-0.39, 0.29) is 0 Å². The lowest BCUT2D eigenvalue weighted by Gasteiger charge is -2.07. The summed E-state index contributed by atoms with van der Waals surface area (Å²) in [6.45, 7) is 3.07. The summed E-state index contributed by atoms with van der Waals surface area (Å²) in [5.74, 6) is 1.68. The van der Waals surface area contributed by atoms with Gasteiger partial charge in [0, 0.05) is 17.2 Å². The molecule has 0 saturated carbocycles. The van der Waals surface area contributed by atoms with Gasteiger partial charge in [-0.2, -0.15) is 0 Å². The normalized spacial score (nSPS) is 10.5. The number of nitrogens with one attached hydrogen (secondary N) is 1. The minimum atomic E-state index is 0.769. The van der Waals surface area contributed by atoms with Crippen LogP contribution in [0.25, 0.3) is 10.7 Å². The molecule has 0 fully saturated rings. The number of rotatable bonds is 4. The highest BCUT2D eigenvalue weighted by molar-refractivity contribution is 14.1. The van der Waals surface area contributed by atoms with Gasteiger partial charge in [-0.1, -0.05) is 6.92 Å². The highest BCUT2D eigenvalue weighted by Gasteiger charge is 2.10. The van der Waals surface area contributed by atoms with Crippen molar-refractivity contribution in [2.75, 3.05) is 11.9 Å². The second-order valence-electron chi connectivity index (χ2n) is 3.41. The van der Waals surface area contributed by atoms with Gasteiger partial charge in [0.25, 0.3) is 0 Å². The second kappa shape index (κ2) is 6.10. The first-order valence-corrected chi connectivity index (χ1v) is 7.97. The number of hydrogen-bond donors (Lipinski definition) is 1. The molecule has 0 aliphatic heterocycles. The molecule has 2 rings (SSSR count). The topological polar surface area (TPSA) is 37.8 Å². The van der Waals surface area contributed by atoms with E-state index in [0.717, 1.165) is 37.5 Å². The van der Waals surface area contributed by atoms with Gasteiger partial charge in [0.15, 0.2) is 5.82 Å². The molecular formula is C11H11BrIN3S. The SMILES string of the molecule is CCCNc1nc(-c2sccc2Br)ncc1I. The van der Waals surface area contributed by atoms with E-state index in [0.29, 0.717) is 0 Å². The molecule has 1 N–H and O–H groups in total. The fourth-order valence-electron chi connectivity index (χ4n) is 1.30. The Morgan fingerprint density at radius 2 is 2.35 bits per heavy atom. The summed E-state index contributed by atoms with van der Waals surface area (Å²) in [5, 5.41) is 5.34. The number of anilines is 1. The maximum atomic E-state index is 4.56. The van der Waals surface area contributed by atoms with Crippen LogP contribution in [0.1, 0.15) is 13.3 Å². The van der Waals surface area contributed by atoms with E-state index in [2.05, 4.69) is 60.7 Å². The molecule has 0 atom stereocenters. The Morgan fingerprint density at radius 3 is 3.00 bits per heavy atom. The second-order valence-corrected chi connectivity index (χ2v) is 6.35. The molecule has 0 bridgehead atoms. The van der Waals surface area contributed by atoms with Gasteiger partial charge in [-0.05, 0) is 56.4 Å². The van der Waals surface area contributed by atoms with E-state index in [1.165, 1.54) is 0 Å². The molecule has 2 aromatic heterocycles. The largest absolute Gasteiger partial charge is 0.369 e. The van der Waals surface area contributed by atoms with Gasteiger partial charge in [0.2, 0.25) is 0 Å². The van der Waals surface area contributed by atoms with Gasteiger partial charge < -0.3 is 5.32 Å². The summed E-state index contributed by atoms with van der Waals surface area (Å²) >= 11 is 7.39. The van der Waals surface area contributed by atoms with E-state index in [4.69, 9.17) is 0 Å². The van der Waals surface area contributed by atoms with Crippen molar-refractivity contribution >= 4 is 55.7 Å². The van der Waals surface area contributed by atoms with Gasteiger partial charge in [-0.3, -0.25) is 0 Å². The monoisotopic (exact) mass is 423 g/mol. The van der Waals surface area contributed by atoms with E-state index in [1.54, 1.807) is 11.3 Å². The fraction of sp³-hybridized carbons (Fsp3) is 0.273. The molecule has 6 heteroatoms. The van der Waals surface area contributed by atoms with Gasteiger partial charge in [0.1, 0.15) is 5.82 Å². The van der Waals surface area contributed by atoms with Crippen molar-refractivity contribution < 1.29 is 0 Å². The molecule has 0 aliphatic carbocycles. The summed E-state index contributed by atoms with van der Waals surface area (Å²) < 4.78 is 2.10. The van der Waals surface area contributed by atoms with Crippen LogP contribution in [0, 0.1) is 3.57 Å². The summed E-state index contributed by atoms with van der Waals surface area (Å²) in [6, 6.07) is 2.01. The molecule has 17 heavy (non-hydrogen) atoms. The Balaban J connectivity index is 2.34. The molecule has 0 aliphatic rings. The van der Waals surface area contributed by atoms with Crippen LogP contribution in [-0.4, -0.2) is 16.5 Å². The lowest BCUT2D eigenvalue weighted by atomic mass is 10.4. The van der Waals surface area contributed by atoms with Crippen molar-refractivity contribution in [1.82, 2.24) is 9.97 Å². The van der Waals surface area contributed by atoms with Crippen LogP contribution >= 0.6 is 49.9 Å². The summed E-state index contributed by atoms with van der Waals surface area (Å²) in [5.41, 5.74) is 0. The maximum absolute atomic E-state index is 4.56. The first-order chi connectivity index (χ1) is 8.22. The molecule has 2 aromatic rings. The van der Waals surface area contributed by atoms with Crippen LogP contribution in [0.15, 0.2) is 22.1 Å². The predicted octanol–water partition coefficient (Wildman–Crippen LogP) is 4.39.